The molecule has 0 spiro atoms. The average Bonchev–Trinajstić information content (AvgIpc) is 3.31. The highest BCUT2D eigenvalue weighted by atomic mass is 16.4. The van der Waals surface area contributed by atoms with Crippen LogP contribution in [0.5, 0.6) is 0 Å². The lowest BCUT2D eigenvalue weighted by molar-refractivity contribution is -0.242. The summed E-state index contributed by atoms with van der Waals surface area (Å²) in [6.07, 6.45) is 11.6. The number of hydrogen-bond donors (Lipinski definition) is 3. The van der Waals surface area contributed by atoms with Gasteiger partial charge in [0.25, 0.3) is 0 Å². The number of para-hydroxylation sites is 1. The molecule has 0 aromatic heterocycles. The fourth-order valence-corrected chi connectivity index (χ4v) is 12.7. The number of carbonyl (C=O) groups is 1. The highest BCUT2D eigenvalue weighted by Crippen LogP contribution is 2.77. The minimum Gasteiger partial charge on any atom is -0.481 e. The van der Waals surface area contributed by atoms with Crippen molar-refractivity contribution in [2.45, 2.75) is 119 Å². The van der Waals surface area contributed by atoms with Gasteiger partial charge in [0.1, 0.15) is 0 Å². The summed E-state index contributed by atoms with van der Waals surface area (Å²) >= 11 is 0. The molecule has 40 heavy (non-hydrogen) atoms. The first-order valence-electron chi connectivity index (χ1n) is 16.6. The highest BCUT2D eigenvalue weighted by Gasteiger charge is 2.72. The number of fused-ring (bicyclic) bond motifs is 7. The van der Waals surface area contributed by atoms with Crippen LogP contribution in [0, 0.1) is 62.6 Å². The van der Waals surface area contributed by atoms with Gasteiger partial charge in [-0.05, 0) is 134 Å². The molecule has 222 valence electrons. The van der Waals surface area contributed by atoms with E-state index >= 15 is 0 Å². The Balaban J connectivity index is 1.29. The summed E-state index contributed by atoms with van der Waals surface area (Å²) in [7, 11) is 0. The van der Waals surface area contributed by atoms with Crippen molar-refractivity contribution >= 4 is 11.7 Å². The van der Waals surface area contributed by atoms with E-state index in [1.165, 1.54) is 38.5 Å². The second-order valence-electron chi connectivity index (χ2n) is 16.7. The van der Waals surface area contributed by atoms with Crippen molar-refractivity contribution in [2.24, 2.45) is 62.6 Å². The fraction of sp³-hybridized carbons (Fsp3) is 0.806. The second kappa shape index (κ2) is 9.48. The number of hydrogen-bond acceptors (Lipinski definition) is 3. The quantitative estimate of drug-likeness (QED) is 0.322. The van der Waals surface area contributed by atoms with Crippen LogP contribution < -0.4 is 10.9 Å². The lowest BCUT2D eigenvalue weighted by Crippen LogP contribution is -2.68. The summed E-state index contributed by atoms with van der Waals surface area (Å²) in [6, 6.07) is 11.0. The third kappa shape index (κ3) is 3.75. The van der Waals surface area contributed by atoms with Crippen LogP contribution in [0.1, 0.15) is 113 Å². The summed E-state index contributed by atoms with van der Waals surface area (Å²) in [4.78, 5) is 12.9. The average molecular weight is 549 g/mol. The predicted molar refractivity (Wildman–Crippen MR) is 164 cm³/mol. The van der Waals surface area contributed by atoms with Crippen molar-refractivity contribution in [1.82, 2.24) is 5.43 Å². The third-order valence-corrected chi connectivity index (χ3v) is 15.0. The van der Waals surface area contributed by atoms with Gasteiger partial charge in [0, 0.05) is 11.7 Å². The minimum atomic E-state index is -0.484. The van der Waals surface area contributed by atoms with Gasteiger partial charge >= 0.3 is 5.97 Å². The molecule has 0 bridgehead atoms. The van der Waals surface area contributed by atoms with E-state index in [0.717, 1.165) is 37.3 Å². The fourth-order valence-electron chi connectivity index (χ4n) is 12.7. The molecular formula is C36H56N2O2. The molecule has 5 saturated carbocycles. The Morgan fingerprint density at radius 2 is 1.55 bits per heavy atom. The van der Waals surface area contributed by atoms with Crippen LogP contribution in [0.3, 0.4) is 0 Å². The molecule has 4 heteroatoms. The van der Waals surface area contributed by atoms with Crippen molar-refractivity contribution in [3.05, 3.63) is 30.3 Å². The molecule has 6 rings (SSSR count). The maximum absolute atomic E-state index is 12.9. The maximum atomic E-state index is 12.9. The topological polar surface area (TPSA) is 61.4 Å². The van der Waals surface area contributed by atoms with Crippen molar-refractivity contribution in [2.75, 3.05) is 5.43 Å². The zero-order valence-corrected chi connectivity index (χ0v) is 26.4. The Bertz CT molecular complexity index is 1120. The lowest BCUT2D eigenvalue weighted by atomic mass is 9.32. The van der Waals surface area contributed by atoms with Gasteiger partial charge in [-0.1, -0.05) is 66.7 Å². The highest BCUT2D eigenvalue weighted by molar-refractivity contribution is 5.76. The van der Waals surface area contributed by atoms with Gasteiger partial charge in [-0.15, -0.1) is 0 Å². The van der Waals surface area contributed by atoms with Gasteiger partial charge in [-0.2, -0.15) is 0 Å². The van der Waals surface area contributed by atoms with E-state index in [1.54, 1.807) is 0 Å². The maximum Gasteiger partial charge on any atom is 0.309 e. The van der Waals surface area contributed by atoms with Crippen LogP contribution in [-0.4, -0.2) is 17.1 Å². The molecule has 3 unspecified atom stereocenters. The van der Waals surface area contributed by atoms with Crippen LogP contribution in [-0.2, 0) is 4.79 Å². The monoisotopic (exact) mass is 548 g/mol. The number of carboxylic acid groups (broad SMARTS) is 1. The summed E-state index contributed by atoms with van der Waals surface area (Å²) < 4.78 is 0. The number of hydrazine groups is 1. The Hall–Kier alpha value is -1.55. The first-order chi connectivity index (χ1) is 18.8. The molecule has 1 aromatic carbocycles. The molecule has 0 heterocycles. The van der Waals surface area contributed by atoms with Crippen LogP contribution in [0.15, 0.2) is 30.3 Å². The first kappa shape index (κ1) is 28.6. The number of rotatable bonds is 5. The van der Waals surface area contributed by atoms with E-state index in [2.05, 4.69) is 89.6 Å². The first-order valence-corrected chi connectivity index (χ1v) is 16.6. The van der Waals surface area contributed by atoms with Gasteiger partial charge < -0.3 is 10.5 Å². The smallest absolute Gasteiger partial charge is 0.309 e. The van der Waals surface area contributed by atoms with Crippen LogP contribution >= 0.6 is 0 Å². The number of nitrogens with one attached hydrogen (secondary N) is 2. The molecule has 5 aliphatic carbocycles. The van der Waals surface area contributed by atoms with E-state index in [4.69, 9.17) is 0 Å². The van der Waals surface area contributed by atoms with E-state index in [9.17, 15) is 9.90 Å². The summed E-state index contributed by atoms with van der Waals surface area (Å²) in [6.45, 7) is 17.8. The molecular weight excluding hydrogens is 492 g/mol. The molecule has 10 atom stereocenters. The van der Waals surface area contributed by atoms with Crippen molar-refractivity contribution in [1.29, 1.82) is 0 Å². The van der Waals surface area contributed by atoms with Gasteiger partial charge in [0.05, 0.1) is 5.41 Å². The predicted octanol–water partition coefficient (Wildman–Crippen LogP) is 8.79. The van der Waals surface area contributed by atoms with E-state index in [-0.39, 0.29) is 16.2 Å². The van der Waals surface area contributed by atoms with Crippen molar-refractivity contribution in [3.8, 4) is 0 Å². The van der Waals surface area contributed by atoms with Crippen molar-refractivity contribution < 1.29 is 9.90 Å². The number of anilines is 1. The molecule has 0 radical (unpaired) electrons. The SMILES string of the molecule is CC(C)[C@@H]1CCC2(C(=O)O)CC[C@]3(C)[C@H](CCC4[C@@]5(C)CC[C@H](NNc6ccccc6)C(C)(C)[C@@H]5CC[C@]43C)C12. The van der Waals surface area contributed by atoms with Gasteiger partial charge in [0.15, 0.2) is 0 Å². The second-order valence-corrected chi connectivity index (χ2v) is 16.7. The molecule has 5 aliphatic rings. The summed E-state index contributed by atoms with van der Waals surface area (Å²) in [5.41, 5.74) is 9.02. The zero-order chi connectivity index (χ0) is 28.7. The molecule has 4 nitrogen and oxygen atoms in total. The largest absolute Gasteiger partial charge is 0.481 e. The molecule has 0 saturated heterocycles. The lowest BCUT2D eigenvalue weighted by Gasteiger charge is -2.73. The van der Waals surface area contributed by atoms with Gasteiger partial charge in [-0.3, -0.25) is 4.79 Å². The van der Waals surface area contributed by atoms with Crippen LogP contribution in [0.25, 0.3) is 0 Å². The normalized spacial score (nSPS) is 47.5. The molecule has 0 aliphatic heterocycles. The Kier molecular flexibility index (Phi) is 6.77. The Morgan fingerprint density at radius 1 is 0.825 bits per heavy atom. The molecule has 0 amide bonds. The van der Waals surface area contributed by atoms with Gasteiger partial charge in [-0.25, -0.2) is 5.43 Å². The molecule has 5 fully saturated rings. The summed E-state index contributed by atoms with van der Waals surface area (Å²) in [5.74, 6) is 2.97. The van der Waals surface area contributed by atoms with Gasteiger partial charge in [0.2, 0.25) is 0 Å². The van der Waals surface area contributed by atoms with Crippen molar-refractivity contribution in [3.63, 3.8) is 0 Å². The van der Waals surface area contributed by atoms with E-state index < -0.39 is 11.4 Å². The molecule has 1 aromatic rings. The minimum absolute atomic E-state index is 0.201. The van der Waals surface area contributed by atoms with Crippen LogP contribution in [0.4, 0.5) is 5.69 Å². The molecule has 3 N–H and O–H groups in total. The van der Waals surface area contributed by atoms with Crippen LogP contribution in [0.2, 0.25) is 0 Å². The number of aliphatic carboxylic acids is 1. The number of benzene rings is 1. The standard InChI is InChI=1S/C36H56N2O2/c1-23(2)25-15-20-36(31(39)40)22-21-34(6)26(30(25)36)13-14-28-33(5)18-17-29(38-37-24-11-9-8-10-12-24)32(3,4)27(33)16-19-35(28,34)7/h8-12,23,25-30,37-38H,13-22H2,1-7H3,(H,39,40)/t25-,26+,27-,28?,29-,30?,33-,34+,35+,36?/m0/s1. The summed E-state index contributed by atoms with van der Waals surface area (Å²) in [5, 5.41) is 10.7. The van der Waals surface area contributed by atoms with E-state index in [0.29, 0.717) is 41.0 Å². The Morgan fingerprint density at radius 3 is 2.23 bits per heavy atom. The number of carboxylic acids is 1. The van der Waals surface area contributed by atoms with E-state index in [1.807, 2.05) is 0 Å². The Labute approximate surface area is 243 Å². The third-order valence-electron chi connectivity index (χ3n) is 15.0. The zero-order valence-electron chi connectivity index (χ0n) is 26.4.